The van der Waals surface area contributed by atoms with E-state index in [1.54, 1.807) is 12.1 Å². The van der Waals surface area contributed by atoms with Gasteiger partial charge >= 0.3 is 0 Å². The van der Waals surface area contributed by atoms with E-state index in [0.29, 0.717) is 5.69 Å². The molecule has 0 aromatic heterocycles. The molecule has 2 N–H and O–H groups in total. The lowest BCUT2D eigenvalue weighted by Gasteiger charge is -2.18. The van der Waals surface area contributed by atoms with Crippen molar-refractivity contribution in [3.63, 3.8) is 0 Å². The van der Waals surface area contributed by atoms with Gasteiger partial charge in [0.25, 0.3) is 0 Å². The third kappa shape index (κ3) is 6.59. The van der Waals surface area contributed by atoms with E-state index >= 15 is 0 Å². The summed E-state index contributed by atoms with van der Waals surface area (Å²) in [7, 11) is -3.29. The van der Waals surface area contributed by atoms with Crippen LogP contribution in [0.15, 0.2) is 24.3 Å². The Labute approximate surface area is 116 Å². The van der Waals surface area contributed by atoms with E-state index in [2.05, 4.69) is 17.0 Å². The van der Waals surface area contributed by atoms with Crippen molar-refractivity contribution >= 4 is 15.7 Å². The van der Waals surface area contributed by atoms with Crippen LogP contribution < -0.4 is 10.0 Å². The van der Waals surface area contributed by atoms with Gasteiger partial charge in [0.15, 0.2) is 0 Å². The van der Waals surface area contributed by atoms with E-state index in [1.807, 2.05) is 32.9 Å². The van der Waals surface area contributed by atoms with E-state index in [9.17, 15) is 8.42 Å². The third-order valence-electron chi connectivity index (χ3n) is 2.43. The SMILES string of the molecule is CCNCc1ccc(NS(=O)(=O)CC(C)(C)C)cc1. The highest BCUT2D eigenvalue weighted by atomic mass is 32.2. The molecule has 1 aromatic rings. The van der Waals surface area contributed by atoms with Gasteiger partial charge in [-0.2, -0.15) is 0 Å². The minimum atomic E-state index is -3.29. The Morgan fingerprint density at radius 1 is 1.11 bits per heavy atom. The lowest BCUT2D eigenvalue weighted by Crippen LogP contribution is -2.26. The molecule has 0 saturated carbocycles. The van der Waals surface area contributed by atoms with Crippen molar-refractivity contribution < 1.29 is 8.42 Å². The Hall–Kier alpha value is -1.07. The third-order valence-corrected chi connectivity index (χ3v) is 4.22. The molecule has 0 radical (unpaired) electrons. The summed E-state index contributed by atoms with van der Waals surface area (Å²) in [5, 5.41) is 3.22. The summed E-state index contributed by atoms with van der Waals surface area (Å²) in [5.74, 6) is 0.110. The maximum Gasteiger partial charge on any atom is 0.233 e. The van der Waals surface area contributed by atoms with Crippen molar-refractivity contribution in [2.24, 2.45) is 5.41 Å². The smallest absolute Gasteiger partial charge is 0.233 e. The van der Waals surface area contributed by atoms with Gasteiger partial charge in [-0.25, -0.2) is 8.42 Å². The zero-order valence-electron chi connectivity index (χ0n) is 12.2. The molecule has 5 heteroatoms. The Kier molecular flexibility index (Phi) is 5.38. The van der Waals surface area contributed by atoms with Crippen LogP contribution in [0.5, 0.6) is 0 Å². The molecule has 0 aliphatic carbocycles. The van der Waals surface area contributed by atoms with Crippen molar-refractivity contribution in [2.45, 2.75) is 34.2 Å². The van der Waals surface area contributed by atoms with Crippen molar-refractivity contribution in [3.05, 3.63) is 29.8 Å². The standard InChI is InChI=1S/C14H24N2O2S/c1-5-15-10-12-6-8-13(9-7-12)16-19(17,18)11-14(2,3)4/h6-9,15-16H,5,10-11H2,1-4H3. The first-order valence-corrected chi connectivity index (χ1v) is 8.17. The topological polar surface area (TPSA) is 58.2 Å². The van der Waals surface area contributed by atoms with Crippen LogP contribution in [-0.2, 0) is 16.6 Å². The highest BCUT2D eigenvalue weighted by molar-refractivity contribution is 7.92. The molecule has 0 amide bonds. The minimum Gasteiger partial charge on any atom is -0.313 e. The molecule has 0 atom stereocenters. The molecule has 0 spiro atoms. The van der Waals surface area contributed by atoms with Crippen LogP contribution in [0.2, 0.25) is 0 Å². The van der Waals surface area contributed by atoms with E-state index in [4.69, 9.17) is 0 Å². The van der Waals surface area contributed by atoms with Crippen LogP contribution in [0.3, 0.4) is 0 Å². The maximum atomic E-state index is 11.9. The van der Waals surface area contributed by atoms with Gasteiger partial charge < -0.3 is 5.32 Å². The number of anilines is 1. The summed E-state index contributed by atoms with van der Waals surface area (Å²) in [4.78, 5) is 0. The van der Waals surface area contributed by atoms with Gasteiger partial charge in [-0.1, -0.05) is 39.8 Å². The van der Waals surface area contributed by atoms with Gasteiger partial charge in [0.2, 0.25) is 10.0 Å². The lowest BCUT2D eigenvalue weighted by atomic mass is 10.0. The molecule has 1 aromatic carbocycles. The van der Waals surface area contributed by atoms with Crippen molar-refractivity contribution in [1.82, 2.24) is 5.32 Å². The molecule has 4 nitrogen and oxygen atoms in total. The Morgan fingerprint density at radius 2 is 1.68 bits per heavy atom. The summed E-state index contributed by atoms with van der Waals surface area (Å²) >= 11 is 0. The first kappa shape index (κ1) is 16.0. The number of hydrogen-bond acceptors (Lipinski definition) is 3. The Balaban J connectivity index is 2.67. The fourth-order valence-electron chi connectivity index (χ4n) is 1.75. The average Bonchev–Trinajstić information content (AvgIpc) is 2.24. The zero-order chi connectivity index (χ0) is 14.5. The second-order valence-corrected chi connectivity index (χ2v) is 7.62. The summed E-state index contributed by atoms with van der Waals surface area (Å²) in [6.45, 7) is 9.49. The van der Waals surface area contributed by atoms with Crippen molar-refractivity contribution in [1.29, 1.82) is 0 Å². The predicted octanol–water partition coefficient (Wildman–Crippen LogP) is 2.58. The molecule has 0 saturated heterocycles. The minimum absolute atomic E-state index is 0.110. The summed E-state index contributed by atoms with van der Waals surface area (Å²) < 4.78 is 26.5. The second kappa shape index (κ2) is 6.39. The van der Waals surface area contributed by atoms with Crippen LogP contribution in [0, 0.1) is 5.41 Å². The van der Waals surface area contributed by atoms with Crippen LogP contribution in [-0.4, -0.2) is 20.7 Å². The lowest BCUT2D eigenvalue weighted by molar-refractivity contribution is 0.463. The van der Waals surface area contributed by atoms with Crippen molar-refractivity contribution in [3.8, 4) is 0 Å². The van der Waals surface area contributed by atoms with Crippen LogP contribution in [0.4, 0.5) is 5.69 Å². The monoisotopic (exact) mass is 284 g/mol. The van der Waals surface area contributed by atoms with Gasteiger partial charge in [-0.15, -0.1) is 0 Å². The predicted molar refractivity (Wildman–Crippen MR) is 80.7 cm³/mol. The number of hydrogen-bond donors (Lipinski definition) is 2. The largest absolute Gasteiger partial charge is 0.313 e. The number of nitrogens with one attached hydrogen (secondary N) is 2. The highest BCUT2D eigenvalue weighted by Crippen LogP contribution is 2.18. The molecular formula is C14H24N2O2S. The van der Waals surface area contributed by atoms with Gasteiger partial charge in [0.1, 0.15) is 0 Å². The molecule has 0 bridgehead atoms. The summed E-state index contributed by atoms with van der Waals surface area (Å²) in [6, 6.07) is 7.45. The van der Waals surface area contributed by atoms with Gasteiger partial charge in [0.05, 0.1) is 5.75 Å². The van der Waals surface area contributed by atoms with Crippen molar-refractivity contribution in [2.75, 3.05) is 17.0 Å². The van der Waals surface area contributed by atoms with E-state index in [1.165, 1.54) is 0 Å². The summed E-state index contributed by atoms with van der Waals surface area (Å²) in [5.41, 5.74) is 1.50. The fraction of sp³-hybridized carbons (Fsp3) is 0.571. The van der Waals surface area contributed by atoms with E-state index in [-0.39, 0.29) is 11.2 Å². The number of sulfonamides is 1. The molecular weight excluding hydrogens is 260 g/mol. The molecule has 108 valence electrons. The molecule has 0 aliphatic heterocycles. The summed E-state index contributed by atoms with van der Waals surface area (Å²) in [6.07, 6.45) is 0. The molecule has 0 heterocycles. The molecule has 0 fully saturated rings. The fourth-order valence-corrected chi connectivity index (χ4v) is 3.45. The quantitative estimate of drug-likeness (QED) is 0.844. The molecule has 19 heavy (non-hydrogen) atoms. The zero-order valence-corrected chi connectivity index (χ0v) is 13.0. The number of rotatable bonds is 6. The van der Waals surface area contributed by atoms with Gasteiger partial charge in [0, 0.05) is 12.2 Å². The first-order chi connectivity index (χ1) is 8.72. The Bertz CT molecular complexity index is 487. The Morgan fingerprint density at radius 3 is 2.16 bits per heavy atom. The molecule has 0 aliphatic rings. The molecule has 0 unspecified atom stereocenters. The first-order valence-electron chi connectivity index (χ1n) is 6.52. The normalized spacial score (nSPS) is 12.4. The molecule has 1 rings (SSSR count). The number of benzene rings is 1. The van der Waals surface area contributed by atoms with Crippen LogP contribution in [0.1, 0.15) is 33.3 Å². The van der Waals surface area contributed by atoms with E-state index < -0.39 is 10.0 Å². The van der Waals surface area contributed by atoms with Crippen LogP contribution >= 0.6 is 0 Å². The maximum absolute atomic E-state index is 11.9. The van der Waals surface area contributed by atoms with Gasteiger partial charge in [-0.05, 0) is 29.7 Å². The second-order valence-electron chi connectivity index (χ2n) is 5.90. The van der Waals surface area contributed by atoms with Crippen LogP contribution in [0.25, 0.3) is 0 Å². The highest BCUT2D eigenvalue weighted by Gasteiger charge is 2.21. The van der Waals surface area contributed by atoms with E-state index in [0.717, 1.165) is 18.7 Å². The average molecular weight is 284 g/mol. The van der Waals surface area contributed by atoms with Gasteiger partial charge in [-0.3, -0.25) is 4.72 Å².